The molecule has 0 aromatic carbocycles. The van der Waals surface area contributed by atoms with Crippen LogP contribution in [0.15, 0.2) is 0 Å². The average molecular weight is 255 g/mol. The van der Waals surface area contributed by atoms with Crippen LogP contribution in [0.1, 0.15) is 20.8 Å². The number of hydrogen-bond acceptors (Lipinski definition) is 4. The Morgan fingerprint density at radius 1 is 1.60 bits per heavy atom. The zero-order valence-corrected chi connectivity index (χ0v) is 10.5. The molecule has 0 aromatic heterocycles. The standard InChI is InChI=1S/C8H15ClN2O3S/c1-8(2,3)14-7(12)10-6-4-11(5-6)15(9)13/h6H,4-5H2,1-3H3,(H,10,12). The number of nitrogens with one attached hydrogen (secondary N) is 1. The third kappa shape index (κ3) is 4.46. The van der Waals surface area contributed by atoms with Gasteiger partial charge in [-0.2, -0.15) is 0 Å². The number of alkyl carbamates (subject to hydrolysis) is 1. The minimum atomic E-state index is -1.46. The average Bonchev–Trinajstić information content (AvgIpc) is 1.91. The molecule has 1 N–H and O–H groups in total. The second-order valence-corrected chi connectivity index (χ2v) is 6.12. The summed E-state index contributed by atoms with van der Waals surface area (Å²) in [6, 6.07) is -0.0254. The predicted molar refractivity (Wildman–Crippen MR) is 58.7 cm³/mol. The minimum absolute atomic E-state index is 0.0254. The Hall–Kier alpha value is -0.170. The first-order valence-corrected chi connectivity index (χ1v) is 6.54. The van der Waals surface area contributed by atoms with Crippen LogP contribution in [0, 0.1) is 0 Å². The quantitative estimate of drug-likeness (QED) is 0.747. The second-order valence-electron chi connectivity index (χ2n) is 4.40. The van der Waals surface area contributed by atoms with Crippen LogP contribution in [-0.4, -0.2) is 39.7 Å². The molecular weight excluding hydrogens is 240 g/mol. The lowest BCUT2D eigenvalue weighted by molar-refractivity contribution is 0.0460. The molecule has 15 heavy (non-hydrogen) atoms. The molecule has 0 aliphatic carbocycles. The molecule has 1 aliphatic heterocycles. The van der Waals surface area contributed by atoms with E-state index in [9.17, 15) is 9.35 Å². The van der Waals surface area contributed by atoms with Crippen molar-refractivity contribution in [3.63, 3.8) is 0 Å². The van der Waals surface area contributed by atoms with Gasteiger partial charge in [0, 0.05) is 0 Å². The molecule has 0 bridgehead atoms. The first-order chi connectivity index (χ1) is 6.78. The van der Waals surface area contributed by atoms with Crippen LogP contribution in [0.4, 0.5) is 4.79 Å². The Balaban J connectivity index is 2.19. The van der Waals surface area contributed by atoms with Crippen LogP contribution < -0.4 is 5.32 Å². The minimum Gasteiger partial charge on any atom is -0.580 e. The van der Waals surface area contributed by atoms with Crippen molar-refractivity contribution in [1.29, 1.82) is 0 Å². The van der Waals surface area contributed by atoms with Crippen molar-refractivity contribution >= 4 is 27.4 Å². The number of carbonyl (C=O) groups excluding carboxylic acids is 1. The van der Waals surface area contributed by atoms with Gasteiger partial charge in [-0.1, -0.05) is 0 Å². The van der Waals surface area contributed by atoms with E-state index in [4.69, 9.17) is 15.4 Å². The van der Waals surface area contributed by atoms with E-state index in [0.717, 1.165) is 0 Å². The molecule has 1 atom stereocenters. The molecule has 88 valence electrons. The highest BCUT2D eigenvalue weighted by molar-refractivity contribution is 8.11. The summed E-state index contributed by atoms with van der Waals surface area (Å²) in [7, 11) is 3.88. The first-order valence-electron chi connectivity index (χ1n) is 4.60. The summed E-state index contributed by atoms with van der Waals surface area (Å²) in [4.78, 5) is 11.3. The fourth-order valence-electron chi connectivity index (χ4n) is 1.12. The lowest BCUT2D eigenvalue weighted by atomic mass is 10.2. The number of rotatable bonds is 2. The van der Waals surface area contributed by atoms with E-state index >= 15 is 0 Å². The van der Waals surface area contributed by atoms with Gasteiger partial charge in [0.15, 0.2) is 21.3 Å². The maximum Gasteiger partial charge on any atom is 0.407 e. The lowest BCUT2D eigenvalue weighted by Gasteiger charge is -2.35. The molecule has 1 aliphatic rings. The highest BCUT2D eigenvalue weighted by Gasteiger charge is 2.36. The Kier molecular flexibility index (Phi) is 4.11. The Morgan fingerprint density at radius 2 is 2.13 bits per heavy atom. The number of nitrogens with zero attached hydrogens (tertiary/aromatic N) is 1. The van der Waals surface area contributed by atoms with E-state index in [0.29, 0.717) is 13.1 Å². The van der Waals surface area contributed by atoms with Gasteiger partial charge in [-0.15, -0.1) is 4.31 Å². The molecule has 0 saturated carbocycles. The molecule has 0 radical (unpaired) electrons. The molecule has 1 fully saturated rings. The van der Waals surface area contributed by atoms with Gasteiger partial charge in [-0.25, -0.2) is 4.79 Å². The van der Waals surface area contributed by atoms with Crippen molar-refractivity contribution < 1.29 is 14.1 Å². The molecule has 0 spiro atoms. The third-order valence-electron chi connectivity index (χ3n) is 1.77. The summed E-state index contributed by atoms with van der Waals surface area (Å²) in [5.74, 6) is 0. The van der Waals surface area contributed by atoms with Gasteiger partial charge in [-0.3, -0.25) is 0 Å². The van der Waals surface area contributed by atoms with E-state index in [1.165, 1.54) is 0 Å². The summed E-state index contributed by atoms with van der Waals surface area (Å²) < 4.78 is 17.4. The number of ether oxygens (including phenoxy) is 1. The lowest BCUT2D eigenvalue weighted by Crippen LogP contribution is -2.60. The Labute approximate surface area is 96.9 Å². The SMILES string of the molecule is CC(C)(C)OC(=O)NC1CN([S+]([O-])Cl)C1. The van der Waals surface area contributed by atoms with Crippen LogP contribution in [0.3, 0.4) is 0 Å². The van der Waals surface area contributed by atoms with Crippen LogP contribution >= 0.6 is 10.7 Å². The molecule has 1 unspecified atom stereocenters. The monoisotopic (exact) mass is 254 g/mol. The zero-order chi connectivity index (χ0) is 11.6. The summed E-state index contributed by atoms with van der Waals surface area (Å²) in [5, 5.41) is 2.66. The van der Waals surface area contributed by atoms with Gasteiger partial charge in [0.2, 0.25) is 0 Å². The summed E-state index contributed by atoms with van der Waals surface area (Å²) in [6.45, 7) is 6.39. The number of carbonyl (C=O) groups is 1. The Bertz CT molecular complexity index is 239. The smallest absolute Gasteiger partial charge is 0.407 e. The first kappa shape index (κ1) is 12.9. The van der Waals surface area contributed by atoms with Gasteiger partial charge in [0.25, 0.3) is 0 Å². The van der Waals surface area contributed by atoms with Gasteiger partial charge in [-0.05, 0) is 20.8 Å². The summed E-state index contributed by atoms with van der Waals surface area (Å²) >= 11 is 0. The molecule has 1 amide bonds. The predicted octanol–water partition coefficient (Wildman–Crippen LogP) is 1.01. The maximum absolute atomic E-state index is 11.3. The van der Waals surface area contributed by atoms with Crippen molar-refractivity contribution in [1.82, 2.24) is 9.62 Å². The number of halogens is 1. The van der Waals surface area contributed by atoms with Crippen molar-refractivity contribution in [2.45, 2.75) is 32.4 Å². The second kappa shape index (κ2) is 4.78. The van der Waals surface area contributed by atoms with Crippen LogP contribution in [0.5, 0.6) is 0 Å². The van der Waals surface area contributed by atoms with Crippen LogP contribution in [-0.2, 0) is 15.3 Å². The van der Waals surface area contributed by atoms with Crippen LogP contribution in [0.2, 0.25) is 0 Å². The maximum atomic E-state index is 11.3. The number of hydrogen-bond donors (Lipinski definition) is 1. The molecule has 1 heterocycles. The highest BCUT2D eigenvalue weighted by atomic mass is 35.7. The van der Waals surface area contributed by atoms with Crippen molar-refractivity contribution in [2.24, 2.45) is 0 Å². The molecular formula is C8H15ClN2O3S. The van der Waals surface area contributed by atoms with Gasteiger partial charge in [0.05, 0.1) is 19.1 Å². The fraction of sp³-hybridized carbons (Fsp3) is 0.875. The number of amides is 1. The molecule has 1 saturated heterocycles. The topological polar surface area (TPSA) is 64.6 Å². The zero-order valence-electron chi connectivity index (χ0n) is 8.95. The largest absolute Gasteiger partial charge is 0.580 e. The summed E-state index contributed by atoms with van der Waals surface area (Å²) in [6.07, 6.45) is -0.451. The fourth-order valence-corrected chi connectivity index (χ4v) is 2.05. The van der Waals surface area contributed by atoms with E-state index in [2.05, 4.69) is 5.32 Å². The molecule has 0 aromatic rings. The highest BCUT2D eigenvalue weighted by Crippen LogP contribution is 2.17. The van der Waals surface area contributed by atoms with E-state index in [1.807, 2.05) is 0 Å². The van der Waals surface area contributed by atoms with E-state index in [1.54, 1.807) is 25.1 Å². The van der Waals surface area contributed by atoms with E-state index < -0.39 is 22.3 Å². The van der Waals surface area contributed by atoms with Gasteiger partial charge < -0.3 is 14.6 Å². The molecule has 7 heteroatoms. The molecule has 5 nitrogen and oxygen atoms in total. The van der Waals surface area contributed by atoms with Gasteiger partial charge >= 0.3 is 6.09 Å². The third-order valence-corrected chi connectivity index (χ3v) is 3.06. The van der Waals surface area contributed by atoms with Crippen molar-refractivity contribution in [3.05, 3.63) is 0 Å². The van der Waals surface area contributed by atoms with Crippen LogP contribution in [0.25, 0.3) is 0 Å². The normalized spacial score (nSPS) is 20.6. The molecule has 1 rings (SSSR count). The van der Waals surface area contributed by atoms with Crippen molar-refractivity contribution in [3.8, 4) is 0 Å². The summed E-state index contributed by atoms with van der Waals surface area (Å²) in [5.41, 5.74) is -0.497. The van der Waals surface area contributed by atoms with E-state index in [-0.39, 0.29) is 6.04 Å². The van der Waals surface area contributed by atoms with Crippen molar-refractivity contribution in [2.75, 3.05) is 13.1 Å². The Morgan fingerprint density at radius 3 is 2.53 bits per heavy atom. The van der Waals surface area contributed by atoms with Gasteiger partial charge in [0.1, 0.15) is 5.60 Å².